The molecule has 0 saturated heterocycles. The summed E-state index contributed by atoms with van der Waals surface area (Å²) in [5.41, 5.74) is -0.570. The van der Waals surface area contributed by atoms with Gasteiger partial charge in [-0.15, -0.1) is 11.6 Å². The van der Waals surface area contributed by atoms with Crippen LogP contribution in [0, 0.1) is 5.92 Å². The first-order chi connectivity index (χ1) is 8.56. The van der Waals surface area contributed by atoms with Gasteiger partial charge < -0.3 is 10.1 Å². The molecule has 0 rings (SSSR count). The van der Waals surface area contributed by atoms with E-state index in [9.17, 15) is 13.2 Å². The minimum Gasteiger partial charge on any atom is -0.444 e. The summed E-state index contributed by atoms with van der Waals surface area (Å²) < 4.78 is 30.5. The molecule has 0 aliphatic carbocycles. The number of halogens is 1. The Bertz CT molecular complexity index is 379. The van der Waals surface area contributed by atoms with Crippen LogP contribution in [0.2, 0.25) is 0 Å². The first kappa shape index (κ1) is 18.5. The largest absolute Gasteiger partial charge is 0.444 e. The van der Waals surface area contributed by atoms with Gasteiger partial charge in [-0.25, -0.2) is 17.9 Å². The van der Waals surface area contributed by atoms with Crippen LogP contribution in [0.4, 0.5) is 4.79 Å². The number of ether oxygens (including phenoxy) is 1. The third kappa shape index (κ3) is 11.0. The Morgan fingerprint density at radius 2 is 1.89 bits per heavy atom. The lowest BCUT2D eigenvalue weighted by Crippen LogP contribution is -2.39. The van der Waals surface area contributed by atoms with Gasteiger partial charge in [0.15, 0.2) is 0 Å². The maximum Gasteiger partial charge on any atom is 0.407 e. The number of hydrogen-bond donors (Lipinski definition) is 2. The van der Waals surface area contributed by atoms with Gasteiger partial charge in [0.2, 0.25) is 10.0 Å². The normalized spacial score (nSPS) is 13.9. The van der Waals surface area contributed by atoms with Gasteiger partial charge in [-0.1, -0.05) is 6.92 Å². The van der Waals surface area contributed by atoms with Crippen LogP contribution < -0.4 is 10.0 Å². The second kappa shape index (κ2) is 7.91. The third-order valence-corrected chi connectivity index (χ3v) is 4.06. The van der Waals surface area contributed by atoms with Gasteiger partial charge in [0.05, 0.1) is 5.75 Å². The van der Waals surface area contributed by atoms with Crippen molar-refractivity contribution in [3.05, 3.63) is 0 Å². The highest BCUT2D eigenvalue weighted by molar-refractivity contribution is 7.89. The zero-order valence-corrected chi connectivity index (χ0v) is 13.4. The van der Waals surface area contributed by atoms with E-state index >= 15 is 0 Å². The summed E-state index contributed by atoms with van der Waals surface area (Å²) in [6.45, 7) is 7.31. The molecule has 0 aliphatic rings. The second-order valence-corrected chi connectivity index (χ2v) is 7.52. The Hall–Kier alpha value is -0.530. The molecule has 19 heavy (non-hydrogen) atoms. The lowest BCUT2D eigenvalue weighted by Gasteiger charge is -2.19. The summed E-state index contributed by atoms with van der Waals surface area (Å²) in [5, 5.41) is 2.46. The van der Waals surface area contributed by atoms with Gasteiger partial charge in [-0.3, -0.25) is 0 Å². The van der Waals surface area contributed by atoms with Crippen molar-refractivity contribution in [2.24, 2.45) is 5.92 Å². The van der Waals surface area contributed by atoms with Crippen LogP contribution in [0.3, 0.4) is 0 Å². The number of carbonyl (C=O) groups excluding carboxylic acids is 1. The van der Waals surface area contributed by atoms with Crippen LogP contribution in [0.5, 0.6) is 0 Å². The van der Waals surface area contributed by atoms with E-state index < -0.39 is 21.7 Å². The summed E-state index contributed by atoms with van der Waals surface area (Å²) in [6.07, 6.45) is -0.569. The van der Waals surface area contributed by atoms with Crippen molar-refractivity contribution in [1.82, 2.24) is 10.0 Å². The second-order valence-electron chi connectivity index (χ2n) is 5.36. The Kier molecular flexibility index (Phi) is 7.69. The molecule has 0 aromatic heterocycles. The lowest BCUT2D eigenvalue weighted by molar-refractivity contribution is 0.0529. The van der Waals surface area contributed by atoms with Crippen LogP contribution in [0.1, 0.15) is 27.7 Å². The molecule has 1 amide bonds. The Morgan fingerprint density at radius 3 is 2.37 bits per heavy atom. The monoisotopic (exact) mass is 314 g/mol. The van der Waals surface area contributed by atoms with E-state index in [0.717, 1.165) is 0 Å². The van der Waals surface area contributed by atoms with Gasteiger partial charge in [0.25, 0.3) is 0 Å². The molecule has 1 atom stereocenters. The number of alkyl halides is 1. The molecule has 0 heterocycles. The van der Waals surface area contributed by atoms with E-state index in [4.69, 9.17) is 16.3 Å². The van der Waals surface area contributed by atoms with Crippen molar-refractivity contribution >= 4 is 27.7 Å². The SMILES string of the molecule is CC(CCl)CS(=O)(=O)NCCNC(=O)OC(C)(C)C. The van der Waals surface area contributed by atoms with E-state index in [0.29, 0.717) is 0 Å². The molecule has 0 fully saturated rings. The molecular formula is C11H23ClN2O4S. The standard InChI is InChI=1S/C11H23ClN2O4S/c1-9(7-12)8-19(16,17)14-6-5-13-10(15)18-11(2,3)4/h9,14H,5-8H2,1-4H3,(H,13,15). The smallest absolute Gasteiger partial charge is 0.407 e. The number of amides is 1. The fraction of sp³-hybridized carbons (Fsp3) is 0.909. The molecule has 0 saturated carbocycles. The summed E-state index contributed by atoms with van der Waals surface area (Å²) in [6, 6.07) is 0. The van der Waals surface area contributed by atoms with Gasteiger partial charge in [0.1, 0.15) is 5.60 Å². The molecule has 2 N–H and O–H groups in total. The van der Waals surface area contributed by atoms with E-state index in [1.165, 1.54) is 0 Å². The highest BCUT2D eigenvalue weighted by Gasteiger charge is 2.17. The highest BCUT2D eigenvalue weighted by Crippen LogP contribution is 2.06. The summed E-state index contributed by atoms with van der Waals surface area (Å²) in [7, 11) is -3.35. The fourth-order valence-electron chi connectivity index (χ4n) is 1.16. The predicted octanol–water partition coefficient (Wildman–Crippen LogP) is 1.31. The van der Waals surface area contributed by atoms with Gasteiger partial charge in [-0.2, -0.15) is 0 Å². The van der Waals surface area contributed by atoms with Gasteiger partial charge in [-0.05, 0) is 26.7 Å². The maximum atomic E-state index is 11.6. The van der Waals surface area contributed by atoms with Crippen LogP contribution in [0.25, 0.3) is 0 Å². The molecule has 1 unspecified atom stereocenters. The van der Waals surface area contributed by atoms with E-state index in [-0.39, 0.29) is 30.6 Å². The molecular weight excluding hydrogens is 292 g/mol. The predicted molar refractivity (Wildman–Crippen MR) is 75.9 cm³/mol. The minimum atomic E-state index is -3.35. The number of sulfonamides is 1. The first-order valence-electron chi connectivity index (χ1n) is 6.06. The first-order valence-corrected chi connectivity index (χ1v) is 8.24. The zero-order chi connectivity index (χ0) is 15.1. The number of alkyl carbamates (subject to hydrolysis) is 1. The van der Waals surface area contributed by atoms with Gasteiger partial charge in [0, 0.05) is 19.0 Å². The van der Waals surface area contributed by atoms with Crippen molar-refractivity contribution in [1.29, 1.82) is 0 Å². The lowest BCUT2D eigenvalue weighted by atomic mass is 10.2. The molecule has 114 valence electrons. The van der Waals surface area contributed by atoms with Gasteiger partial charge >= 0.3 is 6.09 Å². The van der Waals surface area contributed by atoms with Crippen molar-refractivity contribution < 1.29 is 17.9 Å². The highest BCUT2D eigenvalue weighted by atomic mass is 35.5. The molecule has 0 aromatic carbocycles. The molecule has 6 nitrogen and oxygen atoms in total. The average Bonchev–Trinajstić information content (AvgIpc) is 2.21. The number of rotatable bonds is 7. The van der Waals surface area contributed by atoms with Crippen molar-refractivity contribution in [3.8, 4) is 0 Å². The molecule has 0 radical (unpaired) electrons. The fourth-order valence-corrected chi connectivity index (χ4v) is 2.80. The Morgan fingerprint density at radius 1 is 1.32 bits per heavy atom. The van der Waals surface area contributed by atoms with Crippen LogP contribution in [-0.4, -0.2) is 44.8 Å². The van der Waals surface area contributed by atoms with Crippen LogP contribution in [0.15, 0.2) is 0 Å². The molecule has 8 heteroatoms. The van der Waals surface area contributed by atoms with Crippen LogP contribution in [-0.2, 0) is 14.8 Å². The Balaban J connectivity index is 3.89. The number of nitrogens with one attached hydrogen (secondary N) is 2. The van der Waals surface area contributed by atoms with Crippen molar-refractivity contribution in [2.75, 3.05) is 24.7 Å². The average molecular weight is 315 g/mol. The van der Waals surface area contributed by atoms with E-state index in [2.05, 4.69) is 10.0 Å². The van der Waals surface area contributed by atoms with Crippen molar-refractivity contribution in [2.45, 2.75) is 33.3 Å². The molecule has 0 aromatic rings. The molecule has 0 aliphatic heterocycles. The molecule has 0 spiro atoms. The minimum absolute atomic E-state index is 0.0249. The van der Waals surface area contributed by atoms with Crippen LogP contribution >= 0.6 is 11.6 Å². The van der Waals surface area contributed by atoms with E-state index in [1.807, 2.05) is 0 Å². The zero-order valence-electron chi connectivity index (χ0n) is 11.8. The maximum absolute atomic E-state index is 11.6. The van der Waals surface area contributed by atoms with E-state index in [1.54, 1.807) is 27.7 Å². The summed E-state index contributed by atoms with van der Waals surface area (Å²) in [4.78, 5) is 11.3. The quantitative estimate of drug-likeness (QED) is 0.548. The Labute approximate surface area is 120 Å². The molecule has 0 bridgehead atoms. The number of hydrogen-bond acceptors (Lipinski definition) is 4. The summed E-state index contributed by atoms with van der Waals surface area (Å²) >= 11 is 5.56. The summed E-state index contributed by atoms with van der Waals surface area (Å²) in [5.74, 6) is 0.151. The topological polar surface area (TPSA) is 84.5 Å². The number of carbonyl (C=O) groups is 1. The third-order valence-electron chi connectivity index (χ3n) is 1.88. The van der Waals surface area contributed by atoms with Crippen molar-refractivity contribution in [3.63, 3.8) is 0 Å².